The Labute approximate surface area is 164 Å². The highest BCUT2D eigenvalue weighted by molar-refractivity contribution is 6.50. The van der Waals surface area contributed by atoms with E-state index >= 15 is 0 Å². The van der Waals surface area contributed by atoms with E-state index < -0.39 is 11.7 Å². The number of Topliss-reactive ketones (excluding diaryl/α,β-unsaturated/α-hetero) is 1. The number of hydrogen-bond acceptors (Lipinski definition) is 4. The summed E-state index contributed by atoms with van der Waals surface area (Å²) in [5, 5.41) is 3.33. The summed E-state index contributed by atoms with van der Waals surface area (Å²) in [6.45, 7) is 0.591. The molecule has 0 fully saturated rings. The zero-order valence-electron chi connectivity index (χ0n) is 13.4. The highest BCUT2D eigenvalue weighted by Crippen LogP contribution is 2.29. The molecule has 1 N–H and O–H groups in total. The largest absolute Gasteiger partial charge is 0.332 e. The van der Waals surface area contributed by atoms with Crippen LogP contribution in [0.4, 0.5) is 5.69 Å². The van der Waals surface area contributed by atoms with Crippen molar-refractivity contribution >= 4 is 63.2 Å². The van der Waals surface area contributed by atoms with E-state index in [1.807, 2.05) is 4.57 Å². The summed E-state index contributed by atoms with van der Waals surface area (Å²) in [7, 11) is 0. The monoisotopic (exact) mass is 410 g/mol. The average molecular weight is 412 g/mol. The molecule has 1 amide bonds. The molecule has 6 nitrogen and oxygen atoms in total. The van der Waals surface area contributed by atoms with Crippen LogP contribution in [0.15, 0.2) is 36.9 Å². The minimum Gasteiger partial charge on any atom is -0.332 e. The maximum atomic E-state index is 12.7. The quantitative estimate of drug-likeness (QED) is 0.375. The highest BCUT2D eigenvalue weighted by atomic mass is 35.5. The van der Waals surface area contributed by atoms with Crippen molar-refractivity contribution in [2.45, 2.75) is 13.0 Å². The molecule has 0 radical (unpaired) electrons. The van der Waals surface area contributed by atoms with Gasteiger partial charge in [0.25, 0.3) is 11.7 Å². The van der Waals surface area contributed by atoms with Gasteiger partial charge in [0.15, 0.2) is 0 Å². The van der Waals surface area contributed by atoms with Crippen LogP contribution in [0.5, 0.6) is 0 Å². The lowest BCUT2D eigenvalue weighted by atomic mass is 10.1. The Bertz CT molecular complexity index is 967. The van der Waals surface area contributed by atoms with Gasteiger partial charge in [-0.25, -0.2) is 4.98 Å². The summed E-state index contributed by atoms with van der Waals surface area (Å²) in [6.07, 6.45) is 6.61. The van der Waals surface area contributed by atoms with Gasteiger partial charge in [0.2, 0.25) is 0 Å². The van der Waals surface area contributed by atoms with Gasteiger partial charge in [0, 0.05) is 42.6 Å². The molecule has 0 spiro atoms. The highest BCUT2D eigenvalue weighted by Gasteiger charge is 2.23. The molecule has 3 aromatic rings. The van der Waals surface area contributed by atoms with Crippen LogP contribution in [0.1, 0.15) is 16.8 Å². The summed E-state index contributed by atoms with van der Waals surface area (Å²) in [4.78, 5) is 33.2. The fraction of sp³-hybridized carbons (Fsp3) is 0.176. The summed E-state index contributed by atoms with van der Waals surface area (Å²) >= 11 is 17.7. The van der Waals surface area contributed by atoms with Crippen LogP contribution in [0.25, 0.3) is 11.0 Å². The zero-order valence-corrected chi connectivity index (χ0v) is 15.6. The third-order valence-electron chi connectivity index (χ3n) is 3.71. The topological polar surface area (TPSA) is 76.9 Å². The molecule has 0 saturated carbocycles. The number of aromatic nitrogens is 3. The van der Waals surface area contributed by atoms with Gasteiger partial charge in [-0.15, -0.1) is 11.6 Å². The van der Waals surface area contributed by atoms with Crippen molar-refractivity contribution in [3.05, 3.63) is 52.5 Å². The van der Waals surface area contributed by atoms with E-state index in [0.717, 1.165) is 0 Å². The third kappa shape index (κ3) is 3.67. The summed E-state index contributed by atoms with van der Waals surface area (Å²) in [5.41, 5.74) is 1.01. The van der Waals surface area contributed by atoms with Crippen LogP contribution < -0.4 is 5.32 Å². The van der Waals surface area contributed by atoms with E-state index in [9.17, 15) is 9.59 Å². The summed E-state index contributed by atoms with van der Waals surface area (Å²) in [6, 6.07) is 3.45. The average Bonchev–Trinajstić information content (AvgIpc) is 3.01. The molecule has 3 heterocycles. The first-order valence-electron chi connectivity index (χ1n) is 7.67. The van der Waals surface area contributed by atoms with Gasteiger partial charge in [0.1, 0.15) is 5.65 Å². The van der Waals surface area contributed by atoms with Crippen LogP contribution >= 0.6 is 34.8 Å². The fourth-order valence-electron chi connectivity index (χ4n) is 2.53. The minimum absolute atomic E-state index is 0.143. The van der Waals surface area contributed by atoms with Crippen LogP contribution in [-0.4, -0.2) is 32.1 Å². The number of pyridine rings is 2. The number of halogens is 3. The Morgan fingerprint density at radius 2 is 1.92 bits per heavy atom. The molecule has 0 aliphatic heterocycles. The Balaban J connectivity index is 1.93. The molecule has 0 bridgehead atoms. The summed E-state index contributed by atoms with van der Waals surface area (Å²) in [5.74, 6) is -1.08. The third-order valence-corrected chi connectivity index (χ3v) is 4.55. The van der Waals surface area contributed by atoms with Crippen LogP contribution in [0.3, 0.4) is 0 Å². The number of aryl methyl sites for hydroxylation is 1. The lowest BCUT2D eigenvalue weighted by molar-refractivity contribution is -0.112. The molecule has 0 aliphatic rings. The van der Waals surface area contributed by atoms with Gasteiger partial charge in [-0.3, -0.25) is 14.6 Å². The van der Waals surface area contributed by atoms with Gasteiger partial charge in [-0.2, -0.15) is 0 Å². The lowest BCUT2D eigenvalue weighted by Gasteiger charge is -2.07. The van der Waals surface area contributed by atoms with Crippen molar-refractivity contribution in [1.82, 2.24) is 14.5 Å². The van der Waals surface area contributed by atoms with E-state index in [0.29, 0.717) is 29.9 Å². The Morgan fingerprint density at radius 3 is 2.62 bits per heavy atom. The van der Waals surface area contributed by atoms with Gasteiger partial charge in [-0.1, -0.05) is 23.2 Å². The van der Waals surface area contributed by atoms with Crippen molar-refractivity contribution in [3.63, 3.8) is 0 Å². The van der Waals surface area contributed by atoms with Crippen molar-refractivity contribution in [2.75, 3.05) is 11.2 Å². The molecule has 0 saturated heterocycles. The normalized spacial score (nSPS) is 10.9. The second kappa shape index (κ2) is 8.03. The van der Waals surface area contributed by atoms with E-state index in [2.05, 4.69) is 15.3 Å². The molecule has 3 aromatic heterocycles. The maximum absolute atomic E-state index is 12.7. The zero-order chi connectivity index (χ0) is 18.7. The number of hydrogen-bond donors (Lipinski definition) is 1. The van der Waals surface area contributed by atoms with E-state index in [-0.39, 0.29) is 21.3 Å². The predicted octanol–water partition coefficient (Wildman–Crippen LogP) is 4.19. The van der Waals surface area contributed by atoms with Crippen molar-refractivity contribution in [1.29, 1.82) is 0 Å². The van der Waals surface area contributed by atoms with Gasteiger partial charge < -0.3 is 9.88 Å². The van der Waals surface area contributed by atoms with Crippen molar-refractivity contribution in [2.24, 2.45) is 0 Å². The molecule has 0 atom stereocenters. The minimum atomic E-state index is -0.847. The van der Waals surface area contributed by atoms with Crippen LogP contribution in [0, 0.1) is 0 Å². The molecule has 0 aromatic carbocycles. The van der Waals surface area contributed by atoms with Gasteiger partial charge >= 0.3 is 0 Å². The summed E-state index contributed by atoms with van der Waals surface area (Å²) < 4.78 is 1.81. The number of alkyl halides is 1. The molecular formula is C17H13Cl3N4O2. The Hall–Kier alpha value is -2.15. The van der Waals surface area contributed by atoms with E-state index in [1.165, 1.54) is 12.4 Å². The van der Waals surface area contributed by atoms with Crippen LogP contribution in [-0.2, 0) is 11.3 Å². The lowest BCUT2D eigenvalue weighted by Crippen LogP contribution is -2.23. The van der Waals surface area contributed by atoms with E-state index in [4.69, 9.17) is 34.8 Å². The number of fused-ring (bicyclic) bond motifs is 1. The molecule has 0 aliphatic carbocycles. The van der Waals surface area contributed by atoms with Gasteiger partial charge in [-0.05, 0) is 18.6 Å². The number of carbonyl (C=O) groups excluding carboxylic acids is 2. The molecule has 0 unspecified atom stereocenters. The fourth-order valence-corrected chi connectivity index (χ4v) is 3.11. The molecule has 26 heavy (non-hydrogen) atoms. The molecule has 9 heteroatoms. The molecular weight excluding hydrogens is 399 g/mol. The number of amides is 1. The maximum Gasteiger partial charge on any atom is 0.296 e. The van der Waals surface area contributed by atoms with Gasteiger partial charge in [0.05, 0.1) is 21.3 Å². The molecule has 3 rings (SSSR count). The first kappa shape index (κ1) is 18.6. The Kier molecular flexibility index (Phi) is 5.76. The standard InChI is InChI=1S/C17H13Cl3N4O2/c18-4-2-6-24-9-11(10-3-1-5-22-16(10)24)15(25)17(26)23-14-12(19)7-21-8-13(14)20/h1,3,5,7-9H,2,4,6H2,(H,21,23,26). The first-order valence-corrected chi connectivity index (χ1v) is 8.96. The van der Waals surface area contributed by atoms with Crippen molar-refractivity contribution < 1.29 is 9.59 Å². The second-order valence-electron chi connectivity index (χ2n) is 5.41. The second-order valence-corrected chi connectivity index (χ2v) is 6.61. The SMILES string of the molecule is O=C(Nc1c(Cl)cncc1Cl)C(=O)c1cn(CCCCl)c2ncccc12. The number of nitrogens with zero attached hydrogens (tertiary/aromatic N) is 3. The number of carbonyl (C=O) groups is 2. The smallest absolute Gasteiger partial charge is 0.296 e. The van der Waals surface area contributed by atoms with Crippen molar-refractivity contribution in [3.8, 4) is 0 Å². The Morgan fingerprint density at radius 1 is 1.19 bits per heavy atom. The number of nitrogens with one attached hydrogen (secondary N) is 1. The van der Waals surface area contributed by atoms with Crippen LogP contribution in [0.2, 0.25) is 10.0 Å². The van der Waals surface area contributed by atoms with E-state index in [1.54, 1.807) is 24.5 Å². The predicted molar refractivity (Wildman–Crippen MR) is 102 cm³/mol. The number of rotatable bonds is 6. The number of anilines is 1. The molecule has 134 valence electrons. The first-order chi connectivity index (χ1) is 12.5. The number of ketones is 1.